The lowest BCUT2D eigenvalue weighted by molar-refractivity contribution is -0.148. The number of carbonyl (C=O) groups excluding carboxylic acids is 2. The number of nitrogens with two attached hydrogens (primary N) is 1. The monoisotopic (exact) mass is 528 g/mol. The van der Waals surface area contributed by atoms with E-state index < -0.39 is 48.6 Å². The molecule has 0 spiro atoms. The molecule has 36 heavy (non-hydrogen) atoms. The van der Waals surface area contributed by atoms with Gasteiger partial charge in [-0.15, -0.1) is 0 Å². The van der Waals surface area contributed by atoms with Crippen molar-refractivity contribution in [1.29, 1.82) is 0 Å². The highest BCUT2D eigenvalue weighted by Crippen LogP contribution is 2.35. The summed E-state index contributed by atoms with van der Waals surface area (Å²) in [7, 11) is 0. The Morgan fingerprint density at radius 3 is 2.61 bits per heavy atom. The molecule has 192 valence electrons. The number of aromatic nitrogens is 1. The highest BCUT2D eigenvalue weighted by molar-refractivity contribution is 6.30. The number of hydrogen-bond donors (Lipinski definition) is 2. The van der Waals surface area contributed by atoms with Crippen LogP contribution in [-0.4, -0.2) is 46.2 Å². The highest BCUT2D eigenvalue weighted by Gasteiger charge is 2.41. The Labute approximate surface area is 207 Å². The van der Waals surface area contributed by atoms with Crippen LogP contribution in [0.25, 0.3) is 10.9 Å². The Morgan fingerprint density at radius 2 is 1.89 bits per heavy atom. The Balaban J connectivity index is 1.52. The van der Waals surface area contributed by atoms with Crippen molar-refractivity contribution in [3.63, 3.8) is 0 Å². The van der Waals surface area contributed by atoms with Gasteiger partial charge in [0.15, 0.2) is 0 Å². The first-order valence-electron chi connectivity index (χ1n) is 11.0. The number of likely N-dealkylation sites (tertiary alicyclic amines) is 1. The van der Waals surface area contributed by atoms with E-state index in [-0.39, 0.29) is 41.0 Å². The summed E-state index contributed by atoms with van der Waals surface area (Å²) >= 11 is 5.74. The van der Waals surface area contributed by atoms with Gasteiger partial charge in [-0.2, -0.15) is 13.2 Å². The van der Waals surface area contributed by atoms with Crippen LogP contribution in [0.1, 0.15) is 23.6 Å². The number of hydrogen-bond acceptors (Lipinski definition) is 3. The van der Waals surface area contributed by atoms with Crippen molar-refractivity contribution in [2.75, 3.05) is 6.54 Å². The zero-order chi connectivity index (χ0) is 26.2. The van der Waals surface area contributed by atoms with Gasteiger partial charge < -0.3 is 20.5 Å². The number of amides is 2. The molecule has 3 aromatic rings. The van der Waals surface area contributed by atoms with E-state index in [1.807, 2.05) is 0 Å². The summed E-state index contributed by atoms with van der Waals surface area (Å²) in [6.45, 7) is -0.997. The minimum Gasteiger partial charge on any atom is -0.350 e. The van der Waals surface area contributed by atoms with Crippen molar-refractivity contribution < 1.29 is 31.5 Å². The molecule has 0 bridgehead atoms. The van der Waals surface area contributed by atoms with E-state index in [0.717, 1.165) is 11.1 Å². The van der Waals surface area contributed by atoms with Crippen molar-refractivity contribution >= 4 is 34.3 Å². The average molecular weight is 529 g/mol. The van der Waals surface area contributed by atoms with Gasteiger partial charge in [-0.3, -0.25) is 9.59 Å². The first kappa shape index (κ1) is 25.9. The summed E-state index contributed by atoms with van der Waals surface area (Å²) in [5, 5.41) is 2.61. The smallest absolute Gasteiger partial charge is 0.350 e. The fourth-order valence-corrected chi connectivity index (χ4v) is 4.55. The first-order chi connectivity index (χ1) is 17.0. The van der Waals surface area contributed by atoms with Gasteiger partial charge >= 0.3 is 6.18 Å². The molecule has 1 aliphatic heterocycles. The van der Waals surface area contributed by atoms with Gasteiger partial charge in [0.05, 0.1) is 11.6 Å². The van der Waals surface area contributed by atoms with Gasteiger partial charge in [-0.25, -0.2) is 8.78 Å². The average Bonchev–Trinajstić information content (AvgIpc) is 3.39. The fraction of sp³-hybridized carbons (Fsp3) is 0.333. The number of halogens is 6. The van der Waals surface area contributed by atoms with Gasteiger partial charge in [-0.1, -0.05) is 41.9 Å². The van der Waals surface area contributed by atoms with Crippen LogP contribution in [0.15, 0.2) is 48.7 Å². The van der Waals surface area contributed by atoms with Gasteiger partial charge in [-0.05, 0) is 12.1 Å². The zero-order valence-electron chi connectivity index (χ0n) is 18.7. The van der Waals surface area contributed by atoms with Gasteiger partial charge in [0.2, 0.25) is 11.8 Å². The molecular formula is C24H22ClF5N4O2. The van der Waals surface area contributed by atoms with Gasteiger partial charge in [0.1, 0.15) is 30.6 Å². The molecule has 2 aromatic carbocycles. The molecule has 1 fully saturated rings. The summed E-state index contributed by atoms with van der Waals surface area (Å²) in [6.07, 6.45) is -5.27. The molecule has 6 nitrogen and oxygen atoms in total. The second-order valence-electron chi connectivity index (χ2n) is 8.57. The van der Waals surface area contributed by atoms with E-state index in [1.54, 1.807) is 18.2 Å². The molecule has 3 unspecified atom stereocenters. The Kier molecular flexibility index (Phi) is 7.24. The molecule has 2 heterocycles. The maximum Gasteiger partial charge on any atom is 0.407 e. The summed E-state index contributed by atoms with van der Waals surface area (Å²) in [5.74, 6) is -2.04. The van der Waals surface area contributed by atoms with Crippen molar-refractivity contribution in [1.82, 2.24) is 14.8 Å². The summed E-state index contributed by atoms with van der Waals surface area (Å²) < 4.78 is 69.5. The van der Waals surface area contributed by atoms with Crippen molar-refractivity contribution in [3.05, 3.63) is 70.6 Å². The SMILES string of the molecule is NC(c1cn(CC(=O)N2CC(F)CC2C(=O)NCc2cccc(Cl)c2F)c2ccccc12)C(F)(F)F. The molecular weight excluding hydrogens is 507 g/mol. The summed E-state index contributed by atoms with van der Waals surface area (Å²) in [6, 6.07) is 7.04. The van der Waals surface area contributed by atoms with E-state index in [9.17, 15) is 31.5 Å². The molecule has 4 rings (SSSR count). The number of nitrogens with zero attached hydrogens (tertiary/aromatic N) is 2. The van der Waals surface area contributed by atoms with E-state index >= 15 is 0 Å². The van der Waals surface area contributed by atoms with Crippen LogP contribution in [0.4, 0.5) is 22.0 Å². The van der Waals surface area contributed by atoms with Crippen LogP contribution < -0.4 is 11.1 Å². The molecule has 12 heteroatoms. The molecule has 0 radical (unpaired) electrons. The standard InChI is InChI=1S/C24H22ClF5N4O2/c25-17-6-3-4-13(21(17)27)9-32-23(36)19-8-14(26)10-34(19)20(35)12-33-11-16(22(31)24(28,29)30)15-5-1-2-7-18(15)33/h1-7,11,14,19,22H,8-10,12,31H2,(H,32,36). The zero-order valence-corrected chi connectivity index (χ0v) is 19.5. The molecule has 2 amide bonds. The van der Waals surface area contributed by atoms with Crippen LogP contribution in [-0.2, 0) is 22.7 Å². The third-order valence-corrected chi connectivity index (χ3v) is 6.46. The molecule has 1 saturated heterocycles. The summed E-state index contributed by atoms with van der Waals surface area (Å²) in [4.78, 5) is 26.9. The maximum atomic E-state index is 14.3. The lowest BCUT2D eigenvalue weighted by Crippen LogP contribution is -2.46. The predicted molar refractivity (Wildman–Crippen MR) is 123 cm³/mol. The highest BCUT2D eigenvalue weighted by atomic mass is 35.5. The number of carbonyl (C=O) groups is 2. The Bertz CT molecular complexity index is 1300. The lowest BCUT2D eigenvalue weighted by Gasteiger charge is -2.24. The summed E-state index contributed by atoms with van der Waals surface area (Å²) in [5.41, 5.74) is 5.68. The molecule has 0 saturated carbocycles. The quantitative estimate of drug-likeness (QED) is 0.469. The fourth-order valence-electron chi connectivity index (χ4n) is 4.36. The van der Waals surface area contributed by atoms with Crippen LogP contribution in [0.5, 0.6) is 0 Å². The Morgan fingerprint density at radius 1 is 1.17 bits per heavy atom. The number of nitrogens with one attached hydrogen (secondary N) is 1. The minimum absolute atomic E-state index is 0.119. The normalized spacial score (nSPS) is 19.0. The number of fused-ring (bicyclic) bond motifs is 1. The minimum atomic E-state index is -4.69. The number of para-hydroxylation sites is 1. The lowest BCUT2D eigenvalue weighted by atomic mass is 10.1. The van der Waals surface area contributed by atoms with Crippen molar-refractivity contribution in [2.45, 2.75) is 43.9 Å². The Hall–Kier alpha value is -3.18. The van der Waals surface area contributed by atoms with E-state index in [0.29, 0.717) is 5.52 Å². The molecule has 3 atom stereocenters. The van der Waals surface area contributed by atoms with Crippen LogP contribution in [0.3, 0.4) is 0 Å². The maximum absolute atomic E-state index is 14.3. The van der Waals surface area contributed by atoms with Crippen LogP contribution in [0.2, 0.25) is 5.02 Å². The number of benzene rings is 2. The predicted octanol–water partition coefficient (Wildman–Crippen LogP) is 4.25. The molecule has 1 aromatic heterocycles. The van der Waals surface area contributed by atoms with Gasteiger partial charge in [0.25, 0.3) is 0 Å². The van der Waals surface area contributed by atoms with E-state index in [2.05, 4.69) is 5.32 Å². The van der Waals surface area contributed by atoms with Crippen molar-refractivity contribution in [2.24, 2.45) is 5.73 Å². The van der Waals surface area contributed by atoms with E-state index in [1.165, 1.54) is 28.8 Å². The van der Waals surface area contributed by atoms with Crippen molar-refractivity contribution in [3.8, 4) is 0 Å². The second kappa shape index (κ2) is 10.1. The first-order valence-corrected chi connectivity index (χ1v) is 11.4. The molecule has 1 aliphatic rings. The van der Waals surface area contributed by atoms with E-state index in [4.69, 9.17) is 17.3 Å². The largest absolute Gasteiger partial charge is 0.407 e. The third kappa shape index (κ3) is 5.17. The molecule has 0 aliphatic carbocycles. The molecule has 3 N–H and O–H groups in total. The third-order valence-electron chi connectivity index (χ3n) is 6.17. The number of alkyl halides is 4. The van der Waals surface area contributed by atoms with Crippen LogP contribution >= 0.6 is 11.6 Å². The topological polar surface area (TPSA) is 80.4 Å². The van der Waals surface area contributed by atoms with Crippen LogP contribution in [0, 0.1) is 5.82 Å². The second-order valence-corrected chi connectivity index (χ2v) is 8.98. The van der Waals surface area contributed by atoms with Gasteiger partial charge in [0, 0.05) is 41.2 Å². The number of rotatable bonds is 6.